The molecule has 2 heteroatoms. The molecule has 1 N–H and O–H groups in total. The largest absolute Gasteiger partial charge is 0.325 e. The van der Waals surface area contributed by atoms with E-state index in [4.69, 9.17) is 0 Å². The summed E-state index contributed by atoms with van der Waals surface area (Å²) in [5, 5.41) is 2.97. The van der Waals surface area contributed by atoms with E-state index in [0.29, 0.717) is 0 Å². The van der Waals surface area contributed by atoms with Crippen molar-refractivity contribution in [3.8, 4) is 11.1 Å². The average Bonchev–Trinajstić information content (AvgIpc) is 2.40. The Kier molecular flexibility index (Phi) is 3.78. The van der Waals surface area contributed by atoms with Gasteiger partial charge >= 0.3 is 0 Å². The van der Waals surface area contributed by atoms with Crippen molar-refractivity contribution in [3.63, 3.8) is 0 Å². The fourth-order valence-electron chi connectivity index (χ4n) is 1.74. The van der Waals surface area contributed by atoms with E-state index in [-0.39, 0.29) is 11.8 Å². The first-order valence-corrected chi connectivity index (χ1v) is 6.14. The molecule has 0 aliphatic heterocycles. The van der Waals surface area contributed by atoms with Crippen LogP contribution >= 0.6 is 0 Å². The first-order valence-electron chi connectivity index (χ1n) is 6.14. The van der Waals surface area contributed by atoms with Crippen LogP contribution in [0.1, 0.15) is 13.8 Å². The molecule has 0 saturated heterocycles. The number of carbonyl (C=O) groups excluding carboxylic acids is 1. The molecule has 0 aromatic heterocycles. The van der Waals surface area contributed by atoms with Crippen molar-refractivity contribution in [2.45, 2.75) is 13.8 Å². The Morgan fingerprint density at radius 1 is 0.944 bits per heavy atom. The molecule has 92 valence electrons. The smallest absolute Gasteiger partial charge is 0.226 e. The zero-order chi connectivity index (χ0) is 13.0. The van der Waals surface area contributed by atoms with E-state index in [0.717, 1.165) is 16.8 Å². The van der Waals surface area contributed by atoms with Gasteiger partial charge < -0.3 is 5.32 Å². The molecule has 0 saturated carbocycles. The summed E-state index contributed by atoms with van der Waals surface area (Å²) in [6, 6.07) is 17.9. The second-order valence-corrected chi connectivity index (χ2v) is 4.56. The van der Waals surface area contributed by atoms with Gasteiger partial charge in [-0.1, -0.05) is 62.4 Å². The van der Waals surface area contributed by atoms with E-state index < -0.39 is 0 Å². The van der Waals surface area contributed by atoms with Crippen molar-refractivity contribution in [3.05, 3.63) is 54.6 Å². The van der Waals surface area contributed by atoms with Gasteiger partial charge in [-0.05, 0) is 11.6 Å². The highest BCUT2D eigenvalue weighted by molar-refractivity contribution is 5.96. The van der Waals surface area contributed by atoms with Gasteiger partial charge in [0, 0.05) is 17.2 Å². The van der Waals surface area contributed by atoms with Crippen LogP contribution in [0.3, 0.4) is 0 Å². The molecule has 2 aromatic rings. The van der Waals surface area contributed by atoms with Gasteiger partial charge in [-0.3, -0.25) is 4.79 Å². The molecule has 1 amide bonds. The molecular weight excluding hydrogens is 222 g/mol. The second-order valence-electron chi connectivity index (χ2n) is 4.56. The number of hydrogen-bond donors (Lipinski definition) is 1. The predicted molar refractivity (Wildman–Crippen MR) is 75.3 cm³/mol. The maximum Gasteiger partial charge on any atom is 0.226 e. The van der Waals surface area contributed by atoms with Gasteiger partial charge in [-0.25, -0.2) is 0 Å². The number of para-hydroxylation sites is 1. The Morgan fingerprint density at radius 3 is 2.22 bits per heavy atom. The normalized spacial score (nSPS) is 10.4. The maximum absolute atomic E-state index is 11.8. The van der Waals surface area contributed by atoms with Crippen LogP contribution in [0, 0.1) is 5.92 Å². The zero-order valence-corrected chi connectivity index (χ0v) is 10.7. The minimum Gasteiger partial charge on any atom is -0.325 e. The number of amides is 1. The predicted octanol–water partition coefficient (Wildman–Crippen LogP) is 3.95. The van der Waals surface area contributed by atoms with Crippen molar-refractivity contribution in [2.75, 3.05) is 5.32 Å². The topological polar surface area (TPSA) is 29.1 Å². The number of carbonyl (C=O) groups is 1. The molecule has 0 fully saturated rings. The zero-order valence-electron chi connectivity index (χ0n) is 10.7. The Morgan fingerprint density at radius 2 is 1.56 bits per heavy atom. The van der Waals surface area contributed by atoms with E-state index in [2.05, 4.69) is 5.32 Å². The van der Waals surface area contributed by atoms with E-state index >= 15 is 0 Å². The Bertz CT molecular complexity index is 532. The van der Waals surface area contributed by atoms with Gasteiger partial charge in [-0.15, -0.1) is 0 Å². The number of benzene rings is 2. The van der Waals surface area contributed by atoms with Crippen molar-refractivity contribution in [1.29, 1.82) is 0 Å². The molecule has 18 heavy (non-hydrogen) atoms. The van der Waals surface area contributed by atoms with Crippen LogP contribution < -0.4 is 5.32 Å². The Labute approximate surface area is 108 Å². The van der Waals surface area contributed by atoms with E-state index in [1.807, 2.05) is 68.4 Å². The van der Waals surface area contributed by atoms with E-state index in [9.17, 15) is 4.79 Å². The third kappa shape index (κ3) is 2.77. The molecule has 0 aliphatic carbocycles. The molecule has 2 aromatic carbocycles. The van der Waals surface area contributed by atoms with Gasteiger partial charge in [0.15, 0.2) is 0 Å². The second kappa shape index (κ2) is 5.50. The average molecular weight is 239 g/mol. The lowest BCUT2D eigenvalue weighted by Gasteiger charge is -2.12. The quantitative estimate of drug-likeness (QED) is 0.863. The maximum atomic E-state index is 11.8. The highest BCUT2D eigenvalue weighted by atomic mass is 16.1. The Hall–Kier alpha value is -2.09. The van der Waals surface area contributed by atoms with Crippen molar-refractivity contribution >= 4 is 11.6 Å². The summed E-state index contributed by atoms with van der Waals surface area (Å²) in [5.41, 5.74) is 3.02. The third-order valence-corrected chi connectivity index (χ3v) is 2.79. The summed E-state index contributed by atoms with van der Waals surface area (Å²) < 4.78 is 0. The summed E-state index contributed by atoms with van der Waals surface area (Å²) in [4.78, 5) is 11.8. The molecule has 0 aliphatic rings. The molecule has 0 spiro atoms. The highest BCUT2D eigenvalue weighted by Crippen LogP contribution is 2.27. The van der Waals surface area contributed by atoms with Crippen molar-refractivity contribution < 1.29 is 4.79 Å². The molecule has 0 unspecified atom stereocenters. The molecule has 0 heterocycles. The first kappa shape index (κ1) is 12.4. The van der Waals surface area contributed by atoms with Crippen LogP contribution in [0.15, 0.2) is 54.6 Å². The van der Waals surface area contributed by atoms with Crippen LogP contribution in [0.2, 0.25) is 0 Å². The van der Waals surface area contributed by atoms with Crippen LogP contribution in [0.25, 0.3) is 11.1 Å². The lowest BCUT2D eigenvalue weighted by Crippen LogP contribution is -2.18. The SMILES string of the molecule is CC(C)C(=O)Nc1ccccc1-c1ccccc1. The summed E-state index contributed by atoms with van der Waals surface area (Å²) >= 11 is 0. The fourth-order valence-corrected chi connectivity index (χ4v) is 1.74. The fraction of sp³-hybridized carbons (Fsp3) is 0.188. The van der Waals surface area contributed by atoms with E-state index in [1.54, 1.807) is 0 Å². The standard InChI is InChI=1S/C16H17NO/c1-12(2)16(18)17-15-11-7-6-10-14(15)13-8-4-3-5-9-13/h3-12H,1-2H3,(H,17,18). The number of anilines is 1. The van der Waals surface area contributed by atoms with Crippen LogP contribution in [-0.4, -0.2) is 5.91 Å². The lowest BCUT2D eigenvalue weighted by molar-refractivity contribution is -0.118. The van der Waals surface area contributed by atoms with Gasteiger partial charge in [-0.2, -0.15) is 0 Å². The molecule has 0 bridgehead atoms. The number of rotatable bonds is 3. The minimum absolute atomic E-state index is 0.0196. The summed E-state index contributed by atoms with van der Waals surface area (Å²) in [7, 11) is 0. The summed E-state index contributed by atoms with van der Waals surface area (Å²) in [5.74, 6) is 0.0206. The molecule has 2 rings (SSSR count). The van der Waals surface area contributed by atoms with Crippen LogP contribution in [0.5, 0.6) is 0 Å². The molecule has 0 atom stereocenters. The minimum atomic E-state index is -0.0196. The number of hydrogen-bond acceptors (Lipinski definition) is 1. The van der Waals surface area contributed by atoms with Crippen LogP contribution in [0.4, 0.5) is 5.69 Å². The van der Waals surface area contributed by atoms with E-state index in [1.165, 1.54) is 0 Å². The number of nitrogens with one attached hydrogen (secondary N) is 1. The van der Waals surface area contributed by atoms with Gasteiger partial charge in [0.1, 0.15) is 0 Å². The highest BCUT2D eigenvalue weighted by Gasteiger charge is 2.10. The van der Waals surface area contributed by atoms with Crippen molar-refractivity contribution in [2.24, 2.45) is 5.92 Å². The molecule has 2 nitrogen and oxygen atoms in total. The monoisotopic (exact) mass is 239 g/mol. The van der Waals surface area contributed by atoms with Gasteiger partial charge in [0.2, 0.25) is 5.91 Å². The van der Waals surface area contributed by atoms with Gasteiger partial charge in [0.05, 0.1) is 0 Å². The lowest BCUT2D eigenvalue weighted by atomic mass is 10.0. The van der Waals surface area contributed by atoms with Gasteiger partial charge in [0.25, 0.3) is 0 Å². The molecule has 0 radical (unpaired) electrons. The summed E-state index contributed by atoms with van der Waals surface area (Å²) in [6.45, 7) is 3.78. The molecular formula is C16H17NO. The van der Waals surface area contributed by atoms with Crippen LogP contribution in [-0.2, 0) is 4.79 Å². The summed E-state index contributed by atoms with van der Waals surface area (Å²) in [6.07, 6.45) is 0. The Balaban J connectivity index is 2.35. The first-order chi connectivity index (χ1) is 8.68. The van der Waals surface area contributed by atoms with Crippen molar-refractivity contribution in [1.82, 2.24) is 0 Å². The third-order valence-electron chi connectivity index (χ3n) is 2.79.